The van der Waals surface area contributed by atoms with E-state index in [-0.39, 0.29) is 18.0 Å². The van der Waals surface area contributed by atoms with Gasteiger partial charge in [0.1, 0.15) is 0 Å². The first kappa shape index (κ1) is 15.0. The predicted molar refractivity (Wildman–Crippen MR) is 87.6 cm³/mol. The van der Waals surface area contributed by atoms with Crippen molar-refractivity contribution in [3.05, 3.63) is 60.2 Å². The summed E-state index contributed by atoms with van der Waals surface area (Å²) in [7, 11) is 0. The third-order valence-corrected chi connectivity index (χ3v) is 3.51. The normalized spacial score (nSPS) is 14.9. The van der Waals surface area contributed by atoms with E-state index in [4.69, 9.17) is 4.84 Å². The molecule has 23 heavy (non-hydrogen) atoms. The first-order valence-corrected chi connectivity index (χ1v) is 7.49. The molecule has 0 N–H and O–H groups in total. The third kappa shape index (κ3) is 2.85. The molecule has 0 bridgehead atoms. The van der Waals surface area contributed by atoms with Crippen molar-refractivity contribution < 1.29 is 14.4 Å². The molecule has 0 radical (unpaired) electrons. The molecule has 5 heteroatoms. The number of nitrogens with zero attached hydrogens (tertiary/aromatic N) is 2. The van der Waals surface area contributed by atoms with Crippen LogP contribution in [0.2, 0.25) is 0 Å². The molecule has 1 amide bonds. The SMILES string of the molecule is CCCC(=O)O/N=C1\C(=O)N(c2ccccc2)c2ccccc21. The van der Waals surface area contributed by atoms with Crippen LogP contribution in [0.25, 0.3) is 0 Å². The van der Waals surface area contributed by atoms with E-state index in [0.717, 1.165) is 11.4 Å². The van der Waals surface area contributed by atoms with Crippen LogP contribution < -0.4 is 4.90 Å². The largest absolute Gasteiger partial charge is 0.335 e. The average molecular weight is 308 g/mol. The van der Waals surface area contributed by atoms with E-state index >= 15 is 0 Å². The molecule has 0 unspecified atom stereocenters. The highest BCUT2D eigenvalue weighted by molar-refractivity contribution is 6.55. The van der Waals surface area contributed by atoms with Gasteiger partial charge in [0.25, 0.3) is 5.91 Å². The van der Waals surface area contributed by atoms with Gasteiger partial charge in [0.2, 0.25) is 0 Å². The summed E-state index contributed by atoms with van der Waals surface area (Å²) in [5, 5.41) is 3.82. The van der Waals surface area contributed by atoms with Crippen molar-refractivity contribution in [1.82, 2.24) is 0 Å². The molecule has 2 aromatic rings. The molecule has 0 fully saturated rings. The standard InChI is InChI=1S/C18H16N2O3/c1-2-8-16(21)23-19-17-14-11-6-7-12-15(14)20(18(17)22)13-9-4-3-5-10-13/h3-7,9-12H,2,8H2,1H3/b19-17-. The number of carbonyl (C=O) groups is 2. The van der Waals surface area contributed by atoms with Crippen molar-refractivity contribution in [3.63, 3.8) is 0 Å². The van der Waals surface area contributed by atoms with Gasteiger partial charge in [-0.1, -0.05) is 48.5 Å². The third-order valence-electron chi connectivity index (χ3n) is 3.51. The Hall–Kier alpha value is -2.95. The van der Waals surface area contributed by atoms with Crippen LogP contribution in [0.4, 0.5) is 11.4 Å². The van der Waals surface area contributed by atoms with E-state index in [1.54, 1.807) is 11.0 Å². The van der Waals surface area contributed by atoms with Gasteiger partial charge in [-0.2, -0.15) is 0 Å². The van der Waals surface area contributed by atoms with Gasteiger partial charge in [-0.15, -0.1) is 0 Å². The van der Waals surface area contributed by atoms with E-state index in [2.05, 4.69) is 5.16 Å². The molecule has 0 spiro atoms. The van der Waals surface area contributed by atoms with Crippen molar-refractivity contribution in [1.29, 1.82) is 0 Å². The monoisotopic (exact) mass is 308 g/mol. The number of hydrogen-bond donors (Lipinski definition) is 0. The summed E-state index contributed by atoms with van der Waals surface area (Å²) in [6, 6.07) is 16.6. The van der Waals surface area contributed by atoms with Crippen LogP contribution in [-0.2, 0) is 14.4 Å². The quantitative estimate of drug-likeness (QED) is 0.642. The summed E-state index contributed by atoms with van der Waals surface area (Å²) < 4.78 is 0. The summed E-state index contributed by atoms with van der Waals surface area (Å²) in [6.45, 7) is 1.88. The first-order valence-electron chi connectivity index (χ1n) is 7.49. The Bertz CT molecular complexity index is 769. The first-order chi connectivity index (χ1) is 11.2. The van der Waals surface area contributed by atoms with Crippen LogP contribution in [-0.4, -0.2) is 17.6 Å². The molecule has 1 aliphatic rings. The van der Waals surface area contributed by atoms with Gasteiger partial charge in [0, 0.05) is 17.7 Å². The Morgan fingerprint density at radius 1 is 1.09 bits per heavy atom. The van der Waals surface area contributed by atoms with Gasteiger partial charge in [-0.3, -0.25) is 9.69 Å². The zero-order chi connectivity index (χ0) is 16.2. The number of hydrogen-bond acceptors (Lipinski definition) is 4. The van der Waals surface area contributed by atoms with Crippen LogP contribution in [0, 0.1) is 0 Å². The molecule has 0 aliphatic carbocycles. The fraction of sp³-hybridized carbons (Fsp3) is 0.167. The maximum Gasteiger partial charge on any atom is 0.335 e. The van der Waals surface area contributed by atoms with E-state index in [1.165, 1.54) is 0 Å². The van der Waals surface area contributed by atoms with Crippen molar-refractivity contribution >= 4 is 29.0 Å². The fourth-order valence-corrected chi connectivity index (χ4v) is 2.47. The molecule has 116 valence electrons. The van der Waals surface area contributed by atoms with Crippen LogP contribution in [0.3, 0.4) is 0 Å². The van der Waals surface area contributed by atoms with Gasteiger partial charge in [-0.25, -0.2) is 4.79 Å². The molecular formula is C18H16N2O3. The Kier molecular flexibility index (Phi) is 4.19. The summed E-state index contributed by atoms with van der Waals surface area (Å²) >= 11 is 0. The van der Waals surface area contributed by atoms with E-state index in [0.29, 0.717) is 12.0 Å². The van der Waals surface area contributed by atoms with E-state index in [9.17, 15) is 9.59 Å². The number of anilines is 2. The second-order valence-corrected chi connectivity index (χ2v) is 5.15. The highest BCUT2D eigenvalue weighted by atomic mass is 16.7. The molecule has 1 heterocycles. The number of oxime groups is 1. The molecule has 0 atom stereocenters. The fourth-order valence-electron chi connectivity index (χ4n) is 2.47. The lowest BCUT2D eigenvalue weighted by Gasteiger charge is -2.16. The Balaban J connectivity index is 1.99. The lowest BCUT2D eigenvalue weighted by atomic mass is 10.1. The van der Waals surface area contributed by atoms with Crippen LogP contribution in [0.1, 0.15) is 25.3 Å². The summed E-state index contributed by atoms with van der Waals surface area (Å²) in [5.41, 5.74) is 2.28. The van der Waals surface area contributed by atoms with Crippen LogP contribution in [0.15, 0.2) is 59.8 Å². The minimum atomic E-state index is -0.441. The average Bonchev–Trinajstić information content (AvgIpc) is 2.85. The number of amides is 1. The molecule has 5 nitrogen and oxygen atoms in total. The minimum Gasteiger partial charge on any atom is -0.317 e. The number of fused-ring (bicyclic) bond motifs is 1. The van der Waals surface area contributed by atoms with Crippen LogP contribution in [0.5, 0.6) is 0 Å². The van der Waals surface area contributed by atoms with E-state index < -0.39 is 5.97 Å². The number of rotatable bonds is 4. The maximum absolute atomic E-state index is 12.7. The topological polar surface area (TPSA) is 59.0 Å². The van der Waals surface area contributed by atoms with Gasteiger partial charge in [-0.05, 0) is 24.6 Å². The summed E-state index contributed by atoms with van der Waals surface area (Å²) in [6.07, 6.45) is 0.944. The lowest BCUT2D eigenvalue weighted by Crippen LogP contribution is -2.25. The second-order valence-electron chi connectivity index (χ2n) is 5.15. The van der Waals surface area contributed by atoms with Gasteiger partial charge < -0.3 is 4.84 Å². The highest BCUT2D eigenvalue weighted by Crippen LogP contribution is 2.35. The number of carbonyl (C=O) groups excluding carboxylic acids is 2. The molecule has 1 aliphatic heterocycles. The Labute approximate surface area is 134 Å². The zero-order valence-electron chi connectivity index (χ0n) is 12.7. The van der Waals surface area contributed by atoms with Gasteiger partial charge >= 0.3 is 5.97 Å². The Morgan fingerprint density at radius 2 is 1.78 bits per heavy atom. The Morgan fingerprint density at radius 3 is 2.52 bits per heavy atom. The smallest absolute Gasteiger partial charge is 0.317 e. The van der Waals surface area contributed by atoms with Crippen molar-refractivity contribution in [3.8, 4) is 0 Å². The number of benzene rings is 2. The molecular weight excluding hydrogens is 292 g/mol. The lowest BCUT2D eigenvalue weighted by molar-refractivity contribution is -0.143. The molecule has 2 aromatic carbocycles. The van der Waals surface area contributed by atoms with Crippen molar-refractivity contribution in [2.75, 3.05) is 4.90 Å². The molecule has 0 saturated heterocycles. The zero-order valence-corrected chi connectivity index (χ0v) is 12.7. The molecule has 0 saturated carbocycles. The van der Waals surface area contributed by atoms with Crippen molar-refractivity contribution in [2.24, 2.45) is 5.16 Å². The van der Waals surface area contributed by atoms with Crippen LogP contribution >= 0.6 is 0 Å². The second kappa shape index (κ2) is 6.44. The minimum absolute atomic E-state index is 0.147. The summed E-state index contributed by atoms with van der Waals surface area (Å²) in [4.78, 5) is 30.7. The molecule has 0 aromatic heterocycles. The van der Waals surface area contributed by atoms with Gasteiger partial charge in [0.05, 0.1) is 5.69 Å². The highest BCUT2D eigenvalue weighted by Gasteiger charge is 2.35. The molecule has 3 rings (SSSR count). The predicted octanol–water partition coefficient (Wildman–Crippen LogP) is 3.41. The maximum atomic E-state index is 12.7. The summed E-state index contributed by atoms with van der Waals surface area (Å²) in [5.74, 6) is -0.745. The van der Waals surface area contributed by atoms with Gasteiger partial charge in [0.15, 0.2) is 5.71 Å². The van der Waals surface area contributed by atoms with E-state index in [1.807, 2.05) is 55.5 Å². The number of para-hydroxylation sites is 2. The van der Waals surface area contributed by atoms with Crippen molar-refractivity contribution in [2.45, 2.75) is 19.8 Å².